The van der Waals surface area contributed by atoms with Crippen LogP contribution in [0.15, 0.2) is 72.9 Å². The third-order valence-electron chi connectivity index (χ3n) is 7.87. The van der Waals surface area contributed by atoms with Crippen molar-refractivity contribution in [3.63, 3.8) is 0 Å². The highest BCUT2D eigenvalue weighted by Gasteiger charge is 2.36. The minimum absolute atomic E-state index is 0.262. The van der Waals surface area contributed by atoms with Crippen LogP contribution in [0.3, 0.4) is 0 Å². The lowest BCUT2D eigenvalue weighted by Gasteiger charge is -2.18. The average Bonchev–Trinajstić information content (AvgIpc) is 3.33. The number of hydrogen-bond donors (Lipinski definition) is 1. The largest absolute Gasteiger partial charge is 0.361 e. The average molecular weight is 486 g/mol. The fourth-order valence-electron chi connectivity index (χ4n) is 5.67. The summed E-state index contributed by atoms with van der Waals surface area (Å²) >= 11 is 0. The van der Waals surface area contributed by atoms with Crippen LogP contribution in [-0.2, 0) is 11.3 Å². The Morgan fingerprint density at radius 3 is 2.59 bits per heavy atom. The lowest BCUT2D eigenvalue weighted by molar-refractivity contribution is -0.131. The maximum atomic E-state index is 12.6. The van der Waals surface area contributed by atoms with Gasteiger partial charge in [0.15, 0.2) is 0 Å². The lowest BCUT2D eigenvalue weighted by Crippen LogP contribution is -2.30. The molecule has 6 nitrogen and oxygen atoms in total. The molecule has 182 valence electrons. The number of rotatable bonds is 5. The van der Waals surface area contributed by atoms with Crippen LogP contribution in [0.25, 0.3) is 44.5 Å². The molecular weight excluding hydrogens is 458 g/mol. The Morgan fingerprint density at radius 1 is 0.973 bits per heavy atom. The van der Waals surface area contributed by atoms with Crippen LogP contribution in [0.2, 0.25) is 0 Å². The van der Waals surface area contributed by atoms with Crippen LogP contribution in [0.5, 0.6) is 0 Å². The van der Waals surface area contributed by atoms with Crippen molar-refractivity contribution >= 4 is 27.8 Å². The third kappa shape index (κ3) is 3.97. The van der Waals surface area contributed by atoms with E-state index in [2.05, 4.69) is 69.1 Å². The number of hydrogen-bond acceptors (Lipinski definition) is 3. The Labute approximate surface area is 215 Å². The number of carbonyl (C=O) groups is 1. The monoisotopic (exact) mass is 485 g/mol. The zero-order valence-electron chi connectivity index (χ0n) is 20.5. The lowest BCUT2D eigenvalue weighted by atomic mass is 10.0. The highest BCUT2D eigenvalue weighted by atomic mass is 16.2. The molecule has 5 aromatic rings. The zero-order valence-corrected chi connectivity index (χ0v) is 20.5. The van der Waals surface area contributed by atoms with Crippen molar-refractivity contribution in [2.45, 2.75) is 25.8 Å². The second-order valence-corrected chi connectivity index (χ2v) is 10.4. The predicted octanol–water partition coefficient (Wildman–Crippen LogP) is 5.98. The summed E-state index contributed by atoms with van der Waals surface area (Å²) in [4.78, 5) is 23.0. The highest BCUT2D eigenvalue weighted by molar-refractivity contribution is 5.86. The van der Waals surface area contributed by atoms with E-state index in [1.165, 1.54) is 10.9 Å². The summed E-state index contributed by atoms with van der Waals surface area (Å²) in [7, 11) is 0. The van der Waals surface area contributed by atoms with Gasteiger partial charge in [-0.1, -0.05) is 36.4 Å². The number of nitrogens with one attached hydrogen (secondary N) is 1. The number of amides is 1. The van der Waals surface area contributed by atoms with Crippen LogP contribution in [0.1, 0.15) is 24.8 Å². The van der Waals surface area contributed by atoms with E-state index >= 15 is 0 Å². The quantitative estimate of drug-likeness (QED) is 0.333. The normalized spacial score (nSPS) is 17.5. The smallest absolute Gasteiger partial charge is 0.225 e. The fraction of sp³-hybridized carbons (Fsp3) is 0.258. The summed E-state index contributed by atoms with van der Waals surface area (Å²) < 4.78 is 2.26. The highest BCUT2D eigenvalue weighted by Crippen LogP contribution is 2.34. The summed E-state index contributed by atoms with van der Waals surface area (Å²) in [6.45, 7) is 2.41. The number of likely N-dealkylation sites (tertiary alicyclic amines) is 1. The Morgan fingerprint density at radius 2 is 1.78 bits per heavy atom. The molecule has 1 aliphatic carbocycles. The minimum atomic E-state index is 0.262. The molecule has 1 aliphatic heterocycles. The molecular formula is C31H27N5O. The van der Waals surface area contributed by atoms with Gasteiger partial charge in [0.05, 0.1) is 22.7 Å². The molecule has 2 aromatic heterocycles. The van der Waals surface area contributed by atoms with Gasteiger partial charge in [0.1, 0.15) is 5.82 Å². The number of fused-ring (bicyclic) bond motifs is 2. The molecule has 0 radical (unpaired) electrons. The molecule has 0 unspecified atom stereocenters. The SMILES string of the molecule is N#Cc1ccc2nc(-c3ccc(-c4ccc5cc[nH]c5c4)cc3)n(C[C@H]3CCN(C(=O)C4CC4)C3)c2c1. The zero-order chi connectivity index (χ0) is 24.9. The van der Waals surface area contributed by atoms with Gasteiger partial charge in [0, 0.05) is 42.8 Å². The van der Waals surface area contributed by atoms with Crippen LogP contribution >= 0.6 is 0 Å². The summed E-state index contributed by atoms with van der Waals surface area (Å²) in [5.74, 6) is 1.87. The molecule has 3 aromatic carbocycles. The molecule has 1 amide bonds. The van der Waals surface area contributed by atoms with E-state index in [0.29, 0.717) is 17.4 Å². The van der Waals surface area contributed by atoms with Crippen molar-refractivity contribution in [2.75, 3.05) is 13.1 Å². The molecule has 3 heterocycles. The van der Waals surface area contributed by atoms with Crippen LogP contribution in [0, 0.1) is 23.2 Å². The first-order chi connectivity index (χ1) is 18.2. The minimum Gasteiger partial charge on any atom is -0.361 e. The molecule has 37 heavy (non-hydrogen) atoms. The van der Waals surface area contributed by atoms with E-state index in [1.54, 1.807) is 0 Å². The molecule has 0 bridgehead atoms. The van der Waals surface area contributed by atoms with Crippen molar-refractivity contribution < 1.29 is 4.79 Å². The Kier molecular flexibility index (Phi) is 5.10. The molecule has 0 spiro atoms. The number of H-pyrrole nitrogens is 1. The number of benzene rings is 3. The molecule has 6 heteroatoms. The number of imidazole rings is 1. The number of nitrogens with zero attached hydrogens (tertiary/aromatic N) is 4. The predicted molar refractivity (Wildman–Crippen MR) is 145 cm³/mol. The van der Waals surface area contributed by atoms with Crippen LogP contribution in [0.4, 0.5) is 0 Å². The van der Waals surface area contributed by atoms with Gasteiger partial charge < -0.3 is 14.5 Å². The van der Waals surface area contributed by atoms with Crippen molar-refractivity contribution in [1.82, 2.24) is 19.4 Å². The van der Waals surface area contributed by atoms with Crippen molar-refractivity contribution in [3.05, 3.63) is 78.5 Å². The summed E-state index contributed by atoms with van der Waals surface area (Å²) in [6, 6.07) is 25.1. The summed E-state index contributed by atoms with van der Waals surface area (Å²) in [5, 5.41) is 10.7. The third-order valence-corrected chi connectivity index (χ3v) is 7.87. The molecule has 1 atom stereocenters. The summed E-state index contributed by atoms with van der Waals surface area (Å²) in [6.07, 6.45) is 5.05. The van der Waals surface area contributed by atoms with E-state index in [1.807, 2.05) is 24.4 Å². The van der Waals surface area contributed by atoms with Gasteiger partial charge in [-0.2, -0.15) is 5.26 Å². The maximum absolute atomic E-state index is 12.6. The molecule has 2 fully saturated rings. The van der Waals surface area contributed by atoms with Gasteiger partial charge in [0.2, 0.25) is 5.91 Å². The van der Waals surface area contributed by atoms with E-state index in [4.69, 9.17) is 4.98 Å². The van der Waals surface area contributed by atoms with Gasteiger partial charge in [0.25, 0.3) is 0 Å². The van der Waals surface area contributed by atoms with Crippen molar-refractivity contribution in [1.29, 1.82) is 5.26 Å². The Hall–Kier alpha value is -4.37. The van der Waals surface area contributed by atoms with Crippen LogP contribution < -0.4 is 0 Å². The first-order valence-corrected chi connectivity index (χ1v) is 13.0. The van der Waals surface area contributed by atoms with E-state index in [-0.39, 0.29) is 5.92 Å². The topological polar surface area (TPSA) is 77.7 Å². The molecule has 1 saturated carbocycles. The molecule has 1 N–H and O–H groups in total. The standard InChI is InChI=1S/C31H27N5O/c32-17-20-1-10-27-29(15-20)36(19-21-12-14-35(18-21)31(37)25-7-8-25)30(34-27)24-5-2-22(3-6-24)26-9-4-23-11-13-33-28(23)16-26/h1-6,9-11,13,15-16,21,25,33H,7-8,12,14,18-19H2/t21-/m0/s1. The molecule has 7 rings (SSSR count). The molecule has 1 saturated heterocycles. The van der Waals surface area contributed by atoms with Gasteiger partial charge in [-0.05, 0) is 72.0 Å². The number of aromatic nitrogens is 3. The number of nitriles is 1. The second-order valence-electron chi connectivity index (χ2n) is 10.4. The van der Waals surface area contributed by atoms with Gasteiger partial charge >= 0.3 is 0 Å². The van der Waals surface area contributed by atoms with Crippen molar-refractivity contribution in [2.24, 2.45) is 11.8 Å². The number of aromatic amines is 1. The van der Waals surface area contributed by atoms with Gasteiger partial charge in [-0.3, -0.25) is 4.79 Å². The fourth-order valence-corrected chi connectivity index (χ4v) is 5.67. The van der Waals surface area contributed by atoms with Crippen molar-refractivity contribution in [3.8, 4) is 28.6 Å². The first kappa shape index (κ1) is 21.9. The van der Waals surface area contributed by atoms with Crippen LogP contribution in [-0.4, -0.2) is 38.4 Å². The van der Waals surface area contributed by atoms with Gasteiger partial charge in [-0.15, -0.1) is 0 Å². The molecule has 2 aliphatic rings. The summed E-state index contributed by atoms with van der Waals surface area (Å²) in [5.41, 5.74) is 6.99. The van der Waals surface area contributed by atoms with E-state index < -0.39 is 0 Å². The maximum Gasteiger partial charge on any atom is 0.225 e. The van der Waals surface area contributed by atoms with E-state index in [0.717, 1.165) is 72.4 Å². The second kappa shape index (κ2) is 8.63. The van der Waals surface area contributed by atoms with E-state index in [9.17, 15) is 10.1 Å². The number of carbonyl (C=O) groups excluding carboxylic acids is 1. The van der Waals surface area contributed by atoms with Gasteiger partial charge in [-0.25, -0.2) is 4.98 Å². The Bertz CT molecular complexity index is 1680. The Balaban J connectivity index is 1.23. The first-order valence-electron chi connectivity index (χ1n) is 13.0.